The lowest BCUT2D eigenvalue weighted by Crippen LogP contribution is -2.12. The summed E-state index contributed by atoms with van der Waals surface area (Å²) in [6, 6.07) is 0. The Morgan fingerprint density at radius 2 is 2.31 bits per heavy atom. The third-order valence-corrected chi connectivity index (χ3v) is 2.45. The highest BCUT2D eigenvalue weighted by molar-refractivity contribution is 7.90. The molecule has 74 valence electrons. The largest absolute Gasteiger partial charge is 0.386 e. The monoisotopic (exact) mass is 204 g/mol. The van der Waals surface area contributed by atoms with Gasteiger partial charge >= 0.3 is 0 Å². The number of sulfone groups is 1. The summed E-state index contributed by atoms with van der Waals surface area (Å²) in [6.07, 6.45) is 3.16. The average Bonchev–Trinajstić information content (AvgIpc) is 2.31. The summed E-state index contributed by atoms with van der Waals surface area (Å²) in [4.78, 5) is 3.85. The van der Waals surface area contributed by atoms with Crippen LogP contribution in [0, 0.1) is 0 Å². The fourth-order valence-electron chi connectivity index (χ4n) is 0.977. The van der Waals surface area contributed by atoms with Crippen molar-refractivity contribution in [1.29, 1.82) is 0 Å². The normalized spacial score (nSPS) is 14.4. The van der Waals surface area contributed by atoms with Gasteiger partial charge in [0.25, 0.3) is 0 Å². The van der Waals surface area contributed by atoms with Gasteiger partial charge in [0.05, 0.1) is 17.8 Å². The number of nitrogens with zero attached hydrogens (tertiary/aromatic N) is 2. The summed E-state index contributed by atoms with van der Waals surface area (Å²) >= 11 is 0. The molecule has 1 aromatic heterocycles. The van der Waals surface area contributed by atoms with Gasteiger partial charge in [0, 0.05) is 19.5 Å². The third-order valence-electron chi connectivity index (χ3n) is 1.53. The van der Waals surface area contributed by atoms with Gasteiger partial charge in [-0.05, 0) is 0 Å². The SMILES string of the molecule is Cn1cnc(C(O)CS(C)(=O)=O)c1. The minimum Gasteiger partial charge on any atom is -0.386 e. The Bertz CT molecular complexity index is 382. The van der Waals surface area contributed by atoms with Crippen molar-refractivity contribution < 1.29 is 13.5 Å². The van der Waals surface area contributed by atoms with E-state index in [-0.39, 0.29) is 5.75 Å². The highest BCUT2D eigenvalue weighted by Crippen LogP contribution is 2.11. The Hall–Kier alpha value is -0.880. The molecule has 1 atom stereocenters. The molecule has 0 radical (unpaired) electrons. The Balaban J connectivity index is 2.75. The lowest BCUT2D eigenvalue weighted by molar-refractivity contribution is 0.197. The zero-order chi connectivity index (χ0) is 10.1. The van der Waals surface area contributed by atoms with E-state index in [2.05, 4.69) is 4.98 Å². The molecule has 0 aliphatic carbocycles. The van der Waals surface area contributed by atoms with Crippen molar-refractivity contribution in [3.8, 4) is 0 Å². The van der Waals surface area contributed by atoms with Gasteiger partial charge in [0.15, 0.2) is 0 Å². The second-order valence-corrected chi connectivity index (χ2v) is 5.26. The molecule has 1 N–H and O–H groups in total. The van der Waals surface area contributed by atoms with Gasteiger partial charge in [-0.15, -0.1) is 0 Å². The number of hydrogen-bond acceptors (Lipinski definition) is 4. The summed E-state index contributed by atoms with van der Waals surface area (Å²) in [5.74, 6) is -0.288. The Kier molecular flexibility index (Phi) is 2.72. The van der Waals surface area contributed by atoms with Crippen molar-refractivity contribution in [1.82, 2.24) is 9.55 Å². The molecule has 1 aromatic rings. The van der Waals surface area contributed by atoms with Crippen molar-refractivity contribution in [2.24, 2.45) is 7.05 Å². The molecule has 1 rings (SSSR count). The number of hydrogen-bond donors (Lipinski definition) is 1. The van der Waals surface area contributed by atoms with Crippen LogP contribution in [-0.4, -0.2) is 35.1 Å². The van der Waals surface area contributed by atoms with Gasteiger partial charge in [-0.1, -0.05) is 0 Å². The van der Waals surface area contributed by atoms with Crippen LogP contribution in [0.4, 0.5) is 0 Å². The van der Waals surface area contributed by atoms with Crippen molar-refractivity contribution >= 4 is 9.84 Å². The molecule has 0 aromatic carbocycles. The van der Waals surface area contributed by atoms with E-state index in [1.165, 1.54) is 6.33 Å². The summed E-state index contributed by atoms with van der Waals surface area (Å²) in [7, 11) is -1.41. The zero-order valence-corrected chi connectivity index (χ0v) is 8.32. The van der Waals surface area contributed by atoms with Crippen LogP contribution in [0.1, 0.15) is 11.8 Å². The fourth-order valence-corrected chi connectivity index (χ4v) is 1.72. The van der Waals surface area contributed by atoms with E-state index in [4.69, 9.17) is 0 Å². The maximum absolute atomic E-state index is 10.8. The van der Waals surface area contributed by atoms with Crippen molar-refractivity contribution in [2.75, 3.05) is 12.0 Å². The van der Waals surface area contributed by atoms with Gasteiger partial charge in [-0.3, -0.25) is 0 Å². The Morgan fingerprint density at radius 1 is 1.69 bits per heavy atom. The highest BCUT2D eigenvalue weighted by Gasteiger charge is 2.16. The second-order valence-electron chi connectivity index (χ2n) is 3.07. The number of aliphatic hydroxyl groups excluding tert-OH is 1. The van der Waals surface area contributed by atoms with Crippen LogP contribution >= 0.6 is 0 Å². The Labute approximate surface area is 76.9 Å². The first-order chi connectivity index (χ1) is 5.88. The first-order valence-electron chi connectivity index (χ1n) is 3.72. The lowest BCUT2D eigenvalue weighted by atomic mass is 10.3. The van der Waals surface area contributed by atoms with Crippen LogP contribution in [0.15, 0.2) is 12.5 Å². The van der Waals surface area contributed by atoms with E-state index in [9.17, 15) is 13.5 Å². The molecule has 5 nitrogen and oxygen atoms in total. The van der Waals surface area contributed by atoms with Crippen molar-refractivity contribution in [3.05, 3.63) is 18.2 Å². The maximum atomic E-state index is 10.8. The fraction of sp³-hybridized carbons (Fsp3) is 0.571. The summed E-state index contributed by atoms with van der Waals surface area (Å²) < 4.78 is 23.3. The van der Waals surface area contributed by atoms with Crippen LogP contribution in [0.2, 0.25) is 0 Å². The first-order valence-corrected chi connectivity index (χ1v) is 5.78. The first kappa shape index (κ1) is 10.2. The standard InChI is InChI=1S/C7H12N2O3S/c1-9-3-6(8-5-9)7(10)4-13(2,11)12/h3,5,7,10H,4H2,1-2H3. The van der Waals surface area contributed by atoms with E-state index in [1.807, 2.05) is 0 Å². The van der Waals surface area contributed by atoms with E-state index < -0.39 is 15.9 Å². The molecule has 0 spiro atoms. The predicted molar refractivity (Wildman–Crippen MR) is 47.9 cm³/mol. The van der Waals surface area contributed by atoms with E-state index in [0.29, 0.717) is 5.69 Å². The molecule has 6 heteroatoms. The number of aromatic nitrogens is 2. The van der Waals surface area contributed by atoms with Gasteiger partial charge in [0.1, 0.15) is 15.9 Å². The number of aliphatic hydroxyl groups is 1. The average molecular weight is 204 g/mol. The third kappa shape index (κ3) is 3.16. The summed E-state index contributed by atoms with van der Waals surface area (Å²) in [5, 5.41) is 9.41. The van der Waals surface area contributed by atoms with Crippen molar-refractivity contribution in [2.45, 2.75) is 6.10 Å². The molecular weight excluding hydrogens is 192 g/mol. The molecule has 0 saturated heterocycles. The van der Waals surface area contributed by atoms with Gasteiger partial charge < -0.3 is 9.67 Å². The van der Waals surface area contributed by atoms with Crippen LogP contribution in [0.5, 0.6) is 0 Å². The molecule has 0 fully saturated rings. The van der Waals surface area contributed by atoms with Gasteiger partial charge in [-0.25, -0.2) is 13.4 Å². The lowest BCUT2D eigenvalue weighted by Gasteiger charge is -2.04. The zero-order valence-electron chi connectivity index (χ0n) is 7.51. The molecule has 0 bridgehead atoms. The topological polar surface area (TPSA) is 72.2 Å². The smallest absolute Gasteiger partial charge is 0.150 e. The van der Waals surface area contributed by atoms with Gasteiger partial charge in [0.2, 0.25) is 0 Å². The molecule has 0 aliphatic rings. The second kappa shape index (κ2) is 3.47. The number of imidazole rings is 1. The van der Waals surface area contributed by atoms with Crippen molar-refractivity contribution in [3.63, 3.8) is 0 Å². The van der Waals surface area contributed by atoms with E-state index in [0.717, 1.165) is 6.26 Å². The quantitative estimate of drug-likeness (QED) is 0.720. The molecule has 0 amide bonds. The molecule has 0 saturated carbocycles. The van der Waals surface area contributed by atoms with Gasteiger partial charge in [-0.2, -0.15) is 0 Å². The molecule has 13 heavy (non-hydrogen) atoms. The molecule has 1 unspecified atom stereocenters. The minimum absolute atomic E-state index is 0.288. The summed E-state index contributed by atoms with van der Waals surface area (Å²) in [6.45, 7) is 0. The van der Waals surface area contributed by atoms with E-state index in [1.54, 1.807) is 17.8 Å². The predicted octanol–water partition coefficient (Wildman–Crippen LogP) is -0.502. The van der Waals surface area contributed by atoms with E-state index >= 15 is 0 Å². The van der Waals surface area contributed by atoms with Crippen LogP contribution in [0.3, 0.4) is 0 Å². The van der Waals surface area contributed by atoms with Crippen LogP contribution in [-0.2, 0) is 16.9 Å². The Morgan fingerprint density at radius 3 is 2.69 bits per heavy atom. The maximum Gasteiger partial charge on any atom is 0.150 e. The number of aryl methyl sites for hydroxylation is 1. The van der Waals surface area contributed by atoms with Crippen LogP contribution < -0.4 is 0 Å². The minimum atomic E-state index is -3.16. The number of rotatable bonds is 3. The molecule has 1 heterocycles. The highest BCUT2D eigenvalue weighted by atomic mass is 32.2. The molecular formula is C7H12N2O3S. The summed E-state index contributed by atoms with van der Waals surface area (Å²) in [5.41, 5.74) is 0.382. The van der Waals surface area contributed by atoms with Crippen LogP contribution in [0.25, 0.3) is 0 Å². The molecule has 0 aliphatic heterocycles.